The van der Waals surface area contributed by atoms with Crippen molar-refractivity contribution in [2.75, 3.05) is 10.6 Å². The highest BCUT2D eigenvalue weighted by Crippen LogP contribution is 2.29. The Morgan fingerprint density at radius 2 is 1.75 bits per heavy atom. The zero-order chi connectivity index (χ0) is 14.5. The minimum atomic E-state index is -0.147. The van der Waals surface area contributed by atoms with E-state index in [-0.39, 0.29) is 11.8 Å². The maximum Gasteiger partial charge on any atom is 0.221 e. The number of carbonyl (C=O) groups is 2. The molecule has 0 spiro atoms. The third-order valence-corrected chi connectivity index (χ3v) is 2.65. The van der Waals surface area contributed by atoms with Crippen LogP contribution in [-0.2, 0) is 9.59 Å². The number of carbonyl (C=O) groups excluding carboxylic acids is 2. The summed E-state index contributed by atoms with van der Waals surface area (Å²) in [6.07, 6.45) is 0. The molecule has 2 N–H and O–H groups in total. The largest absolute Gasteiger partial charge is 0.326 e. The first-order valence-electron chi connectivity index (χ1n) is 6.22. The standard InChI is InChI=1S/C16H15N2O2/c1-11(19)17-14-7-5-6-13(10-14)15-8-3-4-9-16(15)18-12(2)20/h3-8,10H,1-2H3,(H,17,19)(H,18,20). The van der Waals surface area contributed by atoms with E-state index in [4.69, 9.17) is 0 Å². The number of nitrogens with one attached hydrogen (secondary N) is 2. The molecule has 20 heavy (non-hydrogen) atoms. The third kappa shape index (κ3) is 3.45. The van der Waals surface area contributed by atoms with Gasteiger partial charge in [0.05, 0.1) is 5.69 Å². The fourth-order valence-corrected chi connectivity index (χ4v) is 1.92. The molecule has 0 fully saturated rings. The van der Waals surface area contributed by atoms with E-state index < -0.39 is 0 Å². The lowest BCUT2D eigenvalue weighted by molar-refractivity contribution is -0.115. The quantitative estimate of drug-likeness (QED) is 0.897. The normalized spacial score (nSPS) is 9.90. The Morgan fingerprint density at radius 3 is 2.45 bits per heavy atom. The molecule has 0 saturated carbocycles. The monoisotopic (exact) mass is 267 g/mol. The first-order valence-corrected chi connectivity index (χ1v) is 6.22. The van der Waals surface area contributed by atoms with Crippen LogP contribution in [0.25, 0.3) is 11.1 Å². The zero-order valence-electron chi connectivity index (χ0n) is 11.4. The van der Waals surface area contributed by atoms with Crippen LogP contribution >= 0.6 is 0 Å². The van der Waals surface area contributed by atoms with Crippen molar-refractivity contribution in [2.45, 2.75) is 13.8 Å². The number of para-hydroxylation sites is 1. The predicted octanol–water partition coefficient (Wildman–Crippen LogP) is 3.07. The van der Waals surface area contributed by atoms with Gasteiger partial charge in [-0.1, -0.05) is 30.3 Å². The Morgan fingerprint density at radius 1 is 1.00 bits per heavy atom. The molecule has 0 aliphatic heterocycles. The average Bonchev–Trinajstić information content (AvgIpc) is 2.38. The number of amides is 2. The SMILES string of the molecule is CC(=O)Nc1cccc(-c2ccc[c]c2NC(C)=O)c1. The van der Waals surface area contributed by atoms with Crippen LogP contribution in [0.15, 0.2) is 42.5 Å². The zero-order valence-corrected chi connectivity index (χ0v) is 11.4. The van der Waals surface area contributed by atoms with Crippen LogP contribution in [0.4, 0.5) is 11.4 Å². The molecule has 0 bridgehead atoms. The molecule has 2 aromatic rings. The van der Waals surface area contributed by atoms with Gasteiger partial charge in [0.1, 0.15) is 0 Å². The average molecular weight is 267 g/mol. The van der Waals surface area contributed by atoms with Crippen LogP contribution < -0.4 is 10.6 Å². The summed E-state index contributed by atoms with van der Waals surface area (Å²) in [5.41, 5.74) is 3.10. The molecule has 101 valence electrons. The van der Waals surface area contributed by atoms with Gasteiger partial charge >= 0.3 is 0 Å². The molecule has 2 rings (SSSR count). The van der Waals surface area contributed by atoms with Crippen LogP contribution in [0.3, 0.4) is 0 Å². The van der Waals surface area contributed by atoms with Crippen LogP contribution in [0.5, 0.6) is 0 Å². The van der Waals surface area contributed by atoms with Crippen molar-refractivity contribution < 1.29 is 9.59 Å². The molecular formula is C16H15N2O2. The molecule has 0 unspecified atom stereocenters. The van der Waals surface area contributed by atoms with E-state index in [9.17, 15) is 9.59 Å². The van der Waals surface area contributed by atoms with Gasteiger partial charge in [-0.25, -0.2) is 0 Å². The Balaban J connectivity index is 2.40. The van der Waals surface area contributed by atoms with E-state index in [1.165, 1.54) is 13.8 Å². The highest BCUT2D eigenvalue weighted by atomic mass is 16.2. The number of anilines is 2. The maximum absolute atomic E-state index is 11.2. The van der Waals surface area contributed by atoms with E-state index in [1.54, 1.807) is 6.07 Å². The number of hydrogen-bond acceptors (Lipinski definition) is 2. The molecule has 0 aromatic heterocycles. The molecule has 4 heteroatoms. The van der Waals surface area contributed by atoms with E-state index in [1.807, 2.05) is 36.4 Å². The Hall–Kier alpha value is -2.62. The molecule has 0 aliphatic rings. The first-order chi connectivity index (χ1) is 9.56. The first kappa shape index (κ1) is 13.8. The summed E-state index contributed by atoms with van der Waals surface area (Å²) >= 11 is 0. The highest BCUT2D eigenvalue weighted by molar-refractivity contribution is 5.95. The Labute approximate surface area is 117 Å². The van der Waals surface area contributed by atoms with Gasteiger partial charge < -0.3 is 10.6 Å². The van der Waals surface area contributed by atoms with Crippen molar-refractivity contribution in [1.29, 1.82) is 0 Å². The second kappa shape index (κ2) is 6.02. The predicted molar refractivity (Wildman–Crippen MR) is 79.3 cm³/mol. The summed E-state index contributed by atoms with van der Waals surface area (Å²) in [6.45, 7) is 2.92. The van der Waals surface area contributed by atoms with Crippen molar-refractivity contribution in [3.8, 4) is 11.1 Å². The Bertz CT molecular complexity index is 650. The molecule has 2 amide bonds. The lowest BCUT2D eigenvalue weighted by Crippen LogP contribution is -2.07. The van der Waals surface area contributed by atoms with Crippen molar-refractivity contribution in [3.05, 3.63) is 48.5 Å². The third-order valence-electron chi connectivity index (χ3n) is 2.65. The van der Waals surface area contributed by atoms with Crippen LogP contribution in [0.2, 0.25) is 0 Å². The molecule has 1 radical (unpaired) electrons. The topological polar surface area (TPSA) is 58.2 Å². The summed E-state index contributed by atoms with van der Waals surface area (Å²) in [6, 6.07) is 15.9. The van der Waals surface area contributed by atoms with Gasteiger partial charge in [-0.2, -0.15) is 0 Å². The minimum Gasteiger partial charge on any atom is -0.326 e. The van der Waals surface area contributed by atoms with E-state index >= 15 is 0 Å². The van der Waals surface area contributed by atoms with E-state index in [0.29, 0.717) is 11.4 Å². The number of rotatable bonds is 3. The smallest absolute Gasteiger partial charge is 0.221 e. The number of benzene rings is 2. The van der Waals surface area contributed by atoms with Crippen molar-refractivity contribution in [2.24, 2.45) is 0 Å². The molecule has 0 saturated heterocycles. The van der Waals surface area contributed by atoms with Crippen molar-refractivity contribution in [3.63, 3.8) is 0 Å². The Kier molecular flexibility index (Phi) is 4.15. The summed E-state index contributed by atoms with van der Waals surface area (Å²) in [7, 11) is 0. The molecular weight excluding hydrogens is 252 g/mol. The van der Waals surface area contributed by atoms with Gasteiger partial charge in [-0.15, -0.1) is 0 Å². The second-order valence-corrected chi connectivity index (χ2v) is 4.40. The summed E-state index contributed by atoms with van der Waals surface area (Å²) < 4.78 is 0. The minimum absolute atomic E-state index is 0.121. The molecule has 0 aliphatic carbocycles. The second-order valence-electron chi connectivity index (χ2n) is 4.40. The fraction of sp³-hybridized carbons (Fsp3) is 0.125. The van der Waals surface area contributed by atoms with Gasteiger partial charge in [-0.05, 0) is 17.7 Å². The lowest BCUT2D eigenvalue weighted by atomic mass is 10.0. The fourth-order valence-electron chi connectivity index (χ4n) is 1.92. The summed E-state index contributed by atoms with van der Waals surface area (Å²) in [5.74, 6) is -0.268. The summed E-state index contributed by atoms with van der Waals surface area (Å²) in [4.78, 5) is 22.3. The van der Waals surface area contributed by atoms with Gasteiger partial charge in [0.15, 0.2) is 0 Å². The lowest BCUT2D eigenvalue weighted by Gasteiger charge is -2.11. The van der Waals surface area contributed by atoms with Crippen LogP contribution in [0.1, 0.15) is 13.8 Å². The molecule has 0 heterocycles. The molecule has 4 nitrogen and oxygen atoms in total. The van der Waals surface area contributed by atoms with Gasteiger partial charge in [0, 0.05) is 31.2 Å². The molecule has 2 aromatic carbocycles. The summed E-state index contributed by atoms with van der Waals surface area (Å²) in [5, 5.41) is 5.49. The number of hydrogen-bond donors (Lipinski definition) is 2. The van der Waals surface area contributed by atoms with Crippen molar-refractivity contribution >= 4 is 23.2 Å². The van der Waals surface area contributed by atoms with Crippen LogP contribution in [-0.4, -0.2) is 11.8 Å². The van der Waals surface area contributed by atoms with Crippen LogP contribution in [0, 0.1) is 6.07 Å². The highest BCUT2D eigenvalue weighted by Gasteiger charge is 2.07. The maximum atomic E-state index is 11.2. The molecule has 0 atom stereocenters. The van der Waals surface area contributed by atoms with Gasteiger partial charge in [-0.3, -0.25) is 9.59 Å². The van der Waals surface area contributed by atoms with E-state index in [0.717, 1.165) is 11.1 Å². The van der Waals surface area contributed by atoms with Crippen molar-refractivity contribution in [1.82, 2.24) is 0 Å². The van der Waals surface area contributed by atoms with Gasteiger partial charge in [0.25, 0.3) is 0 Å². The van der Waals surface area contributed by atoms with E-state index in [2.05, 4.69) is 16.7 Å². The van der Waals surface area contributed by atoms with Gasteiger partial charge in [0.2, 0.25) is 11.8 Å².